The van der Waals surface area contributed by atoms with Crippen LogP contribution in [0.4, 0.5) is 10.1 Å². The van der Waals surface area contributed by atoms with Gasteiger partial charge in [-0.2, -0.15) is 12.7 Å². The number of halogens is 1. The van der Waals surface area contributed by atoms with E-state index in [0.717, 1.165) is 12.8 Å². The van der Waals surface area contributed by atoms with Gasteiger partial charge < -0.3 is 9.72 Å². The molecule has 5 rings (SSSR count). The molecule has 0 atom stereocenters. The number of rotatable bonds is 8. The average Bonchev–Trinajstić information content (AvgIpc) is 3.63. The number of fused-ring (bicyclic) bond motifs is 1. The van der Waals surface area contributed by atoms with Gasteiger partial charge in [0.2, 0.25) is 0 Å². The van der Waals surface area contributed by atoms with Crippen LogP contribution >= 0.6 is 0 Å². The number of benzene rings is 1. The summed E-state index contributed by atoms with van der Waals surface area (Å²) in [6, 6.07) is 5.88. The van der Waals surface area contributed by atoms with Crippen molar-refractivity contribution < 1.29 is 22.3 Å². The third-order valence-corrected chi connectivity index (χ3v) is 7.38. The van der Waals surface area contributed by atoms with Crippen LogP contribution in [0.3, 0.4) is 0 Å². The highest BCUT2D eigenvalue weighted by molar-refractivity contribution is 7.90. The number of aromatic nitrogens is 4. The van der Waals surface area contributed by atoms with Gasteiger partial charge in [0.25, 0.3) is 0 Å². The second kappa shape index (κ2) is 8.71. The summed E-state index contributed by atoms with van der Waals surface area (Å²) < 4.78 is 48.8. The van der Waals surface area contributed by atoms with Gasteiger partial charge in [0.1, 0.15) is 5.65 Å². The Hall–Kier alpha value is -3.90. The maximum atomic E-state index is 15.3. The van der Waals surface area contributed by atoms with Gasteiger partial charge in [0.05, 0.1) is 18.4 Å². The maximum Gasteiger partial charge on any atom is 0.316 e. The molecular formula is C23H21FN6O4S. The second-order valence-corrected chi connectivity index (χ2v) is 9.86. The van der Waals surface area contributed by atoms with Gasteiger partial charge in [-0.05, 0) is 31.0 Å². The van der Waals surface area contributed by atoms with E-state index >= 15 is 4.39 Å². The number of hydrogen-bond acceptors (Lipinski definition) is 7. The Morgan fingerprint density at radius 2 is 1.86 bits per heavy atom. The Morgan fingerprint density at radius 1 is 1.14 bits per heavy atom. The van der Waals surface area contributed by atoms with Crippen molar-refractivity contribution in [2.45, 2.75) is 18.9 Å². The molecule has 1 fully saturated rings. The molecule has 0 unspecified atom stereocenters. The van der Waals surface area contributed by atoms with Crippen LogP contribution < -0.4 is 9.46 Å². The normalized spacial score (nSPS) is 13.8. The molecule has 35 heavy (non-hydrogen) atoms. The molecule has 180 valence electrons. The fraction of sp³-hybridized carbons (Fsp3) is 0.217. The van der Waals surface area contributed by atoms with Crippen LogP contribution in [0.1, 0.15) is 28.8 Å². The number of carbonyl (C=O) groups is 1. The lowest BCUT2D eigenvalue weighted by Crippen LogP contribution is -2.34. The predicted octanol–water partition coefficient (Wildman–Crippen LogP) is 3.15. The minimum absolute atomic E-state index is 0.0932. The van der Waals surface area contributed by atoms with Crippen LogP contribution in [0, 0.1) is 5.82 Å². The Labute approximate surface area is 200 Å². The summed E-state index contributed by atoms with van der Waals surface area (Å²) in [5.41, 5.74) is 1.38. The van der Waals surface area contributed by atoms with Crippen molar-refractivity contribution in [2.24, 2.45) is 0 Å². The third kappa shape index (κ3) is 4.33. The molecule has 0 amide bonds. The van der Waals surface area contributed by atoms with Crippen molar-refractivity contribution in [3.05, 3.63) is 66.0 Å². The van der Waals surface area contributed by atoms with Gasteiger partial charge in [-0.3, -0.25) is 9.52 Å². The van der Waals surface area contributed by atoms with E-state index < -0.39 is 21.8 Å². The smallest absolute Gasteiger partial charge is 0.316 e. The SMILES string of the molecule is COc1ncc(-c2cnc3[nH]cc(C(=O)c4cccc(NS(=O)(=O)N(C)C5CC5)c4F)c3c2)cn1. The van der Waals surface area contributed by atoms with Crippen LogP contribution in [0.15, 0.2) is 49.1 Å². The number of methoxy groups -OCH3 is 1. The van der Waals surface area contributed by atoms with Crippen LogP contribution in [0.5, 0.6) is 6.01 Å². The largest absolute Gasteiger partial charge is 0.467 e. The number of hydrogen-bond donors (Lipinski definition) is 2. The Morgan fingerprint density at radius 3 is 2.54 bits per heavy atom. The highest BCUT2D eigenvalue weighted by Crippen LogP contribution is 2.30. The molecule has 3 aromatic heterocycles. The van der Waals surface area contributed by atoms with E-state index in [-0.39, 0.29) is 28.9 Å². The quantitative estimate of drug-likeness (QED) is 0.358. The molecule has 1 aliphatic rings. The van der Waals surface area contributed by atoms with E-state index in [1.54, 1.807) is 24.7 Å². The lowest BCUT2D eigenvalue weighted by Gasteiger charge is -2.18. The molecule has 3 heterocycles. The van der Waals surface area contributed by atoms with E-state index in [1.165, 1.54) is 42.9 Å². The number of ether oxygens (including phenoxy) is 1. The van der Waals surface area contributed by atoms with Crippen molar-refractivity contribution >= 4 is 32.7 Å². The van der Waals surface area contributed by atoms with Gasteiger partial charge in [-0.25, -0.2) is 19.3 Å². The molecule has 0 aliphatic heterocycles. The number of anilines is 1. The minimum Gasteiger partial charge on any atom is -0.467 e. The molecule has 2 N–H and O–H groups in total. The monoisotopic (exact) mass is 496 g/mol. The summed E-state index contributed by atoms with van der Waals surface area (Å²) in [4.78, 5) is 28.7. The van der Waals surface area contributed by atoms with Gasteiger partial charge in [0.15, 0.2) is 11.6 Å². The first-order valence-electron chi connectivity index (χ1n) is 10.7. The van der Waals surface area contributed by atoms with Crippen molar-refractivity contribution in [3.63, 3.8) is 0 Å². The number of ketones is 1. The van der Waals surface area contributed by atoms with Crippen LogP contribution in [0.25, 0.3) is 22.2 Å². The Balaban J connectivity index is 1.48. The second-order valence-electron chi connectivity index (χ2n) is 8.13. The topological polar surface area (TPSA) is 130 Å². The molecule has 1 aromatic carbocycles. The van der Waals surface area contributed by atoms with Crippen LogP contribution in [-0.4, -0.2) is 58.6 Å². The standard InChI is InChI=1S/C23H21FN6O4S/c1-30(15-6-7-15)35(32,33)29-19-5-3-4-16(20(19)24)21(31)18-12-26-22-17(18)8-13(9-25-22)14-10-27-23(34-2)28-11-14/h3-5,8-12,15,29H,6-7H2,1-2H3,(H,25,26). The number of pyridine rings is 1. The van der Waals surface area contributed by atoms with E-state index in [1.807, 2.05) is 0 Å². The van der Waals surface area contributed by atoms with Crippen LogP contribution in [0.2, 0.25) is 0 Å². The first-order valence-corrected chi connectivity index (χ1v) is 12.1. The number of nitrogens with zero attached hydrogens (tertiary/aromatic N) is 4. The van der Waals surface area contributed by atoms with Crippen molar-refractivity contribution in [1.29, 1.82) is 0 Å². The fourth-order valence-corrected chi connectivity index (χ4v) is 4.88. The molecular weight excluding hydrogens is 475 g/mol. The predicted molar refractivity (Wildman–Crippen MR) is 127 cm³/mol. The number of carbonyl (C=O) groups excluding carboxylic acids is 1. The summed E-state index contributed by atoms with van der Waals surface area (Å²) in [6.07, 6.45) is 7.71. The average molecular weight is 497 g/mol. The zero-order valence-corrected chi connectivity index (χ0v) is 19.6. The lowest BCUT2D eigenvalue weighted by atomic mass is 10.0. The van der Waals surface area contributed by atoms with Crippen molar-refractivity contribution in [3.8, 4) is 17.1 Å². The lowest BCUT2D eigenvalue weighted by molar-refractivity contribution is 0.103. The van der Waals surface area contributed by atoms with E-state index in [2.05, 4.69) is 24.7 Å². The van der Waals surface area contributed by atoms with Gasteiger partial charge in [0, 0.05) is 60.0 Å². The molecule has 0 spiro atoms. The first kappa shape index (κ1) is 22.9. The van der Waals surface area contributed by atoms with E-state index in [0.29, 0.717) is 22.2 Å². The fourth-order valence-electron chi connectivity index (χ4n) is 3.70. The Kier molecular flexibility index (Phi) is 5.69. The highest BCUT2D eigenvalue weighted by atomic mass is 32.2. The summed E-state index contributed by atoms with van der Waals surface area (Å²) in [5, 5.41) is 0.474. The summed E-state index contributed by atoms with van der Waals surface area (Å²) in [5.74, 6) is -1.57. The molecule has 10 nitrogen and oxygen atoms in total. The zero-order valence-electron chi connectivity index (χ0n) is 18.8. The molecule has 1 saturated carbocycles. The number of nitrogens with one attached hydrogen (secondary N) is 2. The molecule has 4 aromatic rings. The van der Waals surface area contributed by atoms with Crippen molar-refractivity contribution in [2.75, 3.05) is 18.9 Å². The summed E-state index contributed by atoms with van der Waals surface area (Å²) in [7, 11) is -1.04. The number of H-pyrrole nitrogens is 1. The van der Waals surface area contributed by atoms with E-state index in [4.69, 9.17) is 4.74 Å². The molecule has 0 radical (unpaired) electrons. The molecule has 12 heteroatoms. The summed E-state index contributed by atoms with van der Waals surface area (Å²) >= 11 is 0. The third-order valence-electron chi connectivity index (χ3n) is 5.84. The molecule has 0 bridgehead atoms. The summed E-state index contributed by atoms with van der Waals surface area (Å²) in [6.45, 7) is 0. The Bertz CT molecular complexity index is 1530. The highest BCUT2D eigenvalue weighted by Gasteiger charge is 2.34. The van der Waals surface area contributed by atoms with Gasteiger partial charge in [-0.15, -0.1) is 0 Å². The van der Waals surface area contributed by atoms with Gasteiger partial charge >= 0.3 is 16.2 Å². The molecule has 1 aliphatic carbocycles. The van der Waals surface area contributed by atoms with Crippen LogP contribution in [-0.2, 0) is 10.2 Å². The van der Waals surface area contributed by atoms with E-state index in [9.17, 15) is 13.2 Å². The molecule has 0 saturated heterocycles. The first-order chi connectivity index (χ1) is 16.8. The maximum absolute atomic E-state index is 15.3. The number of aromatic amines is 1. The minimum atomic E-state index is -3.95. The zero-order chi connectivity index (χ0) is 24.7. The van der Waals surface area contributed by atoms with Gasteiger partial charge in [-0.1, -0.05) is 6.07 Å². The van der Waals surface area contributed by atoms with Crippen molar-refractivity contribution in [1.82, 2.24) is 24.2 Å².